The molecule has 0 bridgehead atoms. The lowest BCUT2D eigenvalue weighted by Gasteiger charge is -2.21. The second-order valence-corrected chi connectivity index (χ2v) is 9.94. The van der Waals surface area contributed by atoms with Gasteiger partial charge < -0.3 is 19.1 Å². The summed E-state index contributed by atoms with van der Waals surface area (Å²) in [5, 5.41) is 0. The average molecular weight is 499 g/mol. The van der Waals surface area contributed by atoms with E-state index in [1.165, 1.54) is 16.3 Å². The summed E-state index contributed by atoms with van der Waals surface area (Å²) < 4.78 is 43.3. The molecule has 186 valence electrons. The van der Waals surface area contributed by atoms with Crippen molar-refractivity contribution in [3.05, 3.63) is 77.9 Å². The molecule has 0 radical (unpaired) electrons. The summed E-state index contributed by atoms with van der Waals surface area (Å²) in [4.78, 5) is 14.4. The number of ether oxygens (including phenoxy) is 3. The van der Waals surface area contributed by atoms with Crippen LogP contribution in [0.25, 0.3) is 0 Å². The number of carbonyl (C=O) groups is 1. The van der Waals surface area contributed by atoms with Gasteiger partial charge in [-0.15, -0.1) is 0 Å². The summed E-state index contributed by atoms with van der Waals surface area (Å²) in [6.07, 6.45) is 0. The van der Waals surface area contributed by atoms with Crippen molar-refractivity contribution >= 4 is 21.6 Å². The number of benzene rings is 3. The number of amides is 1. The number of methoxy groups -OCH3 is 2. The minimum absolute atomic E-state index is 0.167. The fourth-order valence-electron chi connectivity index (χ4n) is 3.44. The first kappa shape index (κ1) is 25.9. The lowest BCUT2D eigenvalue weighted by molar-refractivity contribution is -0.132. The summed E-state index contributed by atoms with van der Waals surface area (Å²) >= 11 is 0. The zero-order chi connectivity index (χ0) is 25.6. The third-order valence-corrected chi connectivity index (χ3v) is 7.36. The van der Waals surface area contributed by atoms with Crippen LogP contribution in [-0.4, -0.2) is 54.1 Å². The molecule has 0 spiro atoms. The molecule has 3 rings (SSSR count). The standard InChI is InChI=1S/C26H30N2O6S/c1-19-9-15-23(16-10-19)35(30,31)28(3)21-11-13-22(14-12-21)34-18-25(29)27(2)17-20-7-6-8-24(32-4)26(20)33-5/h6-16H,17-18H2,1-5H3. The zero-order valence-electron chi connectivity index (χ0n) is 20.5. The van der Waals surface area contributed by atoms with Crippen molar-refractivity contribution in [3.8, 4) is 17.2 Å². The van der Waals surface area contributed by atoms with E-state index < -0.39 is 10.0 Å². The van der Waals surface area contributed by atoms with E-state index in [2.05, 4.69) is 0 Å². The molecule has 0 unspecified atom stereocenters. The highest BCUT2D eigenvalue weighted by molar-refractivity contribution is 7.92. The molecule has 0 aromatic heterocycles. The molecule has 0 N–H and O–H groups in total. The number of hydrogen-bond acceptors (Lipinski definition) is 6. The smallest absolute Gasteiger partial charge is 0.264 e. The lowest BCUT2D eigenvalue weighted by atomic mass is 10.1. The Balaban J connectivity index is 1.61. The Labute approximate surface area is 206 Å². The molecule has 0 heterocycles. The summed E-state index contributed by atoms with van der Waals surface area (Å²) in [5.41, 5.74) is 2.27. The first-order chi connectivity index (χ1) is 16.7. The summed E-state index contributed by atoms with van der Waals surface area (Å²) in [6.45, 7) is 2.06. The fourth-order valence-corrected chi connectivity index (χ4v) is 4.63. The molecule has 0 aliphatic heterocycles. The van der Waals surface area contributed by atoms with Crippen LogP contribution in [-0.2, 0) is 21.4 Å². The summed E-state index contributed by atoms with van der Waals surface area (Å²) in [5.74, 6) is 1.40. The molecule has 0 saturated heterocycles. The molecule has 9 heteroatoms. The van der Waals surface area contributed by atoms with Crippen LogP contribution in [0.5, 0.6) is 17.2 Å². The summed E-state index contributed by atoms with van der Waals surface area (Å²) in [7, 11) is 2.60. The van der Waals surface area contributed by atoms with Gasteiger partial charge in [-0.05, 0) is 49.4 Å². The number of anilines is 1. The van der Waals surface area contributed by atoms with Crippen molar-refractivity contribution in [1.82, 2.24) is 4.90 Å². The van der Waals surface area contributed by atoms with E-state index in [0.29, 0.717) is 29.5 Å². The van der Waals surface area contributed by atoms with Crippen LogP contribution in [0.15, 0.2) is 71.6 Å². The second kappa shape index (κ2) is 11.1. The van der Waals surface area contributed by atoms with Crippen LogP contribution >= 0.6 is 0 Å². The SMILES string of the molecule is COc1cccc(CN(C)C(=O)COc2ccc(N(C)S(=O)(=O)c3ccc(C)cc3)cc2)c1OC. The Morgan fingerprint density at radius 2 is 1.54 bits per heavy atom. The molecule has 3 aromatic carbocycles. The maximum atomic E-state index is 12.9. The van der Waals surface area contributed by atoms with Gasteiger partial charge in [0, 0.05) is 26.2 Å². The number of aryl methyl sites for hydroxylation is 1. The molecular weight excluding hydrogens is 468 g/mol. The predicted molar refractivity (Wildman–Crippen MR) is 135 cm³/mol. The lowest BCUT2D eigenvalue weighted by Crippen LogP contribution is -2.31. The Hall–Kier alpha value is -3.72. The first-order valence-electron chi connectivity index (χ1n) is 10.9. The van der Waals surface area contributed by atoms with Crippen LogP contribution in [0, 0.1) is 6.92 Å². The third kappa shape index (κ3) is 6.05. The number of sulfonamides is 1. The van der Waals surface area contributed by atoms with E-state index in [-0.39, 0.29) is 17.4 Å². The largest absolute Gasteiger partial charge is 0.493 e. The Kier molecular flexibility index (Phi) is 8.24. The highest BCUT2D eigenvalue weighted by Gasteiger charge is 2.21. The van der Waals surface area contributed by atoms with Crippen LogP contribution in [0.3, 0.4) is 0 Å². The molecule has 0 aliphatic carbocycles. The average Bonchev–Trinajstić information content (AvgIpc) is 2.87. The molecule has 0 aliphatic rings. The highest BCUT2D eigenvalue weighted by atomic mass is 32.2. The van der Waals surface area contributed by atoms with Crippen LogP contribution in [0.4, 0.5) is 5.69 Å². The molecule has 8 nitrogen and oxygen atoms in total. The van der Waals surface area contributed by atoms with Gasteiger partial charge in [-0.2, -0.15) is 0 Å². The molecule has 3 aromatic rings. The second-order valence-electron chi connectivity index (χ2n) is 7.97. The topological polar surface area (TPSA) is 85.4 Å². The number of carbonyl (C=O) groups excluding carboxylic acids is 1. The monoisotopic (exact) mass is 498 g/mol. The van der Waals surface area contributed by atoms with Crippen LogP contribution in [0.1, 0.15) is 11.1 Å². The van der Waals surface area contributed by atoms with Crippen molar-refractivity contribution in [2.75, 3.05) is 39.2 Å². The van der Waals surface area contributed by atoms with Crippen molar-refractivity contribution in [2.24, 2.45) is 0 Å². The Morgan fingerprint density at radius 1 is 0.886 bits per heavy atom. The van der Waals surface area contributed by atoms with Gasteiger partial charge in [0.1, 0.15) is 5.75 Å². The van der Waals surface area contributed by atoms with E-state index in [1.54, 1.807) is 75.9 Å². The predicted octanol–water partition coefficient (Wildman–Crippen LogP) is 3.87. The van der Waals surface area contributed by atoms with Crippen molar-refractivity contribution < 1.29 is 27.4 Å². The van der Waals surface area contributed by atoms with Gasteiger partial charge in [-0.3, -0.25) is 9.10 Å². The number of para-hydroxylation sites is 1. The van der Waals surface area contributed by atoms with E-state index >= 15 is 0 Å². The van der Waals surface area contributed by atoms with Crippen LogP contribution in [0.2, 0.25) is 0 Å². The molecule has 0 atom stereocenters. The molecule has 1 amide bonds. The van der Waals surface area contributed by atoms with Gasteiger partial charge in [-0.1, -0.05) is 29.8 Å². The fraction of sp³-hybridized carbons (Fsp3) is 0.269. The molecule has 0 fully saturated rings. The van der Waals surface area contributed by atoms with E-state index in [1.807, 2.05) is 19.1 Å². The number of nitrogens with zero attached hydrogens (tertiary/aromatic N) is 2. The first-order valence-corrected chi connectivity index (χ1v) is 12.3. The van der Waals surface area contributed by atoms with Crippen molar-refractivity contribution in [2.45, 2.75) is 18.4 Å². The third-order valence-electron chi connectivity index (χ3n) is 5.56. The van der Waals surface area contributed by atoms with E-state index in [0.717, 1.165) is 11.1 Å². The van der Waals surface area contributed by atoms with Gasteiger partial charge in [0.05, 0.1) is 24.8 Å². The maximum absolute atomic E-state index is 12.9. The molecular formula is C26H30N2O6S. The Morgan fingerprint density at radius 3 is 2.14 bits per heavy atom. The van der Waals surface area contributed by atoms with Gasteiger partial charge in [0.15, 0.2) is 18.1 Å². The normalized spacial score (nSPS) is 11.0. The minimum atomic E-state index is -3.69. The zero-order valence-corrected chi connectivity index (χ0v) is 21.3. The van der Waals surface area contributed by atoms with Gasteiger partial charge in [-0.25, -0.2) is 8.42 Å². The van der Waals surface area contributed by atoms with Gasteiger partial charge >= 0.3 is 0 Å². The Bertz CT molecular complexity index is 1260. The molecule has 35 heavy (non-hydrogen) atoms. The highest BCUT2D eigenvalue weighted by Crippen LogP contribution is 2.31. The van der Waals surface area contributed by atoms with Crippen molar-refractivity contribution in [3.63, 3.8) is 0 Å². The van der Waals surface area contributed by atoms with Crippen molar-refractivity contribution in [1.29, 1.82) is 0 Å². The maximum Gasteiger partial charge on any atom is 0.264 e. The summed E-state index contributed by atoms with van der Waals surface area (Å²) in [6, 6.07) is 18.7. The minimum Gasteiger partial charge on any atom is -0.493 e. The number of rotatable bonds is 10. The van der Waals surface area contributed by atoms with Gasteiger partial charge in [0.2, 0.25) is 0 Å². The number of hydrogen-bond donors (Lipinski definition) is 0. The quantitative estimate of drug-likeness (QED) is 0.422. The van der Waals surface area contributed by atoms with E-state index in [9.17, 15) is 13.2 Å². The number of likely N-dealkylation sites (N-methyl/N-ethyl adjacent to an activating group) is 1. The van der Waals surface area contributed by atoms with Gasteiger partial charge in [0.25, 0.3) is 15.9 Å². The van der Waals surface area contributed by atoms with E-state index in [4.69, 9.17) is 14.2 Å². The molecule has 0 saturated carbocycles. The van der Waals surface area contributed by atoms with Crippen LogP contribution < -0.4 is 18.5 Å².